The van der Waals surface area contributed by atoms with E-state index in [1.807, 2.05) is 13.8 Å². The van der Waals surface area contributed by atoms with Crippen molar-refractivity contribution >= 4 is 46.9 Å². The van der Waals surface area contributed by atoms with Crippen molar-refractivity contribution in [3.05, 3.63) is 80.3 Å². The van der Waals surface area contributed by atoms with Crippen molar-refractivity contribution < 1.29 is 23.7 Å². The minimum Gasteiger partial charge on any atom is -0.493 e. The Bertz CT molecular complexity index is 1250. The van der Waals surface area contributed by atoms with Crippen LogP contribution in [0.5, 0.6) is 23.0 Å². The molecule has 0 aliphatic carbocycles. The predicted octanol–water partition coefficient (Wildman–Crippen LogP) is 6.80. The Balaban J connectivity index is 1.73. The van der Waals surface area contributed by atoms with Crippen LogP contribution in [0.4, 0.5) is 0 Å². The zero-order valence-corrected chi connectivity index (χ0v) is 22.2. The van der Waals surface area contributed by atoms with Gasteiger partial charge in [0.15, 0.2) is 23.0 Å². The molecule has 3 aromatic rings. The highest BCUT2D eigenvalue weighted by atomic mass is 35.5. The number of amides is 1. The van der Waals surface area contributed by atoms with Crippen molar-refractivity contribution in [3.63, 3.8) is 0 Å². The molecule has 0 fully saturated rings. The summed E-state index contributed by atoms with van der Waals surface area (Å²) in [7, 11) is 1.53. The van der Waals surface area contributed by atoms with Crippen molar-refractivity contribution in [1.82, 2.24) is 5.43 Å². The van der Waals surface area contributed by atoms with Crippen LogP contribution in [0.1, 0.15) is 35.3 Å². The van der Waals surface area contributed by atoms with Crippen LogP contribution in [0.15, 0.2) is 53.6 Å². The summed E-state index contributed by atoms with van der Waals surface area (Å²) in [5.41, 5.74) is 4.21. The molecule has 0 aromatic heterocycles. The van der Waals surface area contributed by atoms with Crippen molar-refractivity contribution in [2.45, 2.75) is 20.5 Å². The molecule has 7 nitrogen and oxygen atoms in total. The second-order valence-corrected chi connectivity index (χ2v) is 8.54. The number of carbonyl (C=O) groups excluding carboxylic acids is 1. The maximum atomic E-state index is 12.5. The molecule has 0 aliphatic heterocycles. The van der Waals surface area contributed by atoms with Crippen LogP contribution >= 0.6 is 34.8 Å². The zero-order chi connectivity index (χ0) is 26.1. The van der Waals surface area contributed by atoms with Crippen LogP contribution in [0.3, 0.4) is 0 Å². The number of hydrazone groups is 1. The van der Waals surface area contributed by atoms with Crippen molar-refractivity contribution in [1.29, 1.82) is 0 Å². The molecule has 0 saturated carbocycles. The Kier molecular flexibility index (Phi) is 10.1. The number of ether oxygens (including phenoxy) is 4. The van der Waals surface area contributed by atoms with E-state index in [1.54, 1.807) is 48.5 Å². The molecule has 0 heterocycles. The van der Waals surface area contributed by atoms with E-state index in [4.69, 9.17) is 53.8 Å². The lowest BCUT2D eigenvalue weighted by Crippen LogP contribution is -2.17. The zero-order valence-electron chi connectivity index (χ0n) is 19.9. The molecule has 0 radical (unpaired) electrons. The van der Waals surface area contributed by atoms with Gasteiger partial charge in [-0.05, 0) is 61.9 Å². The summed E-state index contributed by atoms with van der Waals surface area (Å²) < 4.78 is 22.4. The van der Waals surface area contributed by atoms with Crippen LogP contribution in [0.25, 0.3) is 0 Å². The predicted molar refractivity (Wildman–Crippen MR) is 143 cm³/mol. The third-order valence-electron chi connectivity index (χ3n) is 4.82. The first kappa shape index (κ1) is 27.5. The van der Waals surface area contributed by atoms with Gasteiger partial charge in [0.25, 0.3) is 5.91 Å². The molecule has 190 valence electrons. The highest BCUT2D eigenvalue weighted by molar-refractivity contribution is 6.35. The molecule has 0 atom stereocenters. The fourth-order valence-corrected chi connectivity index (χ4v) is 3.91. The number of hydrogen-bond acceptors (Lipinski definition) is 6. The summed E-state index contributed by atoms with van der Waals surface area (Å²) in [4.78, 5) is 12.5. The van der Waals surface area contributed by atoms with Gasteiger partial charge in [-0.2, -0.15) is 5.10 Å². The molecule has 0 aliphatic rings. The van der Waals surface area contributed by atoms with Gasteiger partial charge in [-0.3, -0.25) is 4.79 Å². The third-order valence-corrected chi connectivity index (χ3v) is 5.69. The fourth-order valence-electron chi connectivity index (χ4n) is 3.17. The van der Waals surface area contributed by atoms with Gasteiger partial charge in [0.05, 0.1) is 31.6 Å². The second kappa shape index (κ2) is 13.3. The van der Waals surface area contributed by atoms with E-state index in [0.717, 1.165) is 5.56 Å². The molecule has 0 unspecified atom stereocenters. The average Bonchev–Trinajstić information content (AvgIpc) is 2.85. The maximum Gasteiger partial charge on any atom is 0.271 e. The third kappa shape index (κ3) is 7.20. The summed E-state index contributed by atoms with van der Waals surface area (Å²) in [6, 6.07) is 13.4. The van der Waals surface area contributed by atoms with Crippen LogP contribution in [0.2, 0.25) is 15.1 Å². The van der Waals surface area contributed by atoms with Gasteiger partial charge in [-0.15, -0.1) is 0 Å². The molecule has 10 heteroatoms. The first-order valence-electron chi connectivity index (χ1n) is 11.0. The number of hydrogen-bond donors (Lipinski definition) is 1. The minimum atomic E-state index is -0.411. The minimum absolute atomic E-state index is 0.172. The van der Waals surface area contributed by atoms with E-state index in [2.05, 4.69) is 10.5 Å². The lowest BCUT2D eigenvalue weighted by Gasteiger charge is -2.15. The summed E-state index contributed by atoms with van der Waals surface area (Å²) in [5, 5.41) is 5.38. The molecule has 0 spiro atoms. The van der Waals surface area contributed by atoms with Crippen LogP contribution in [0, 0.1) is 0 Å². The van der Waals surface area contributed by atoms with E-state index in [-0.39, 0.29) is 6.61 Å². The van der Waals surface area contributed by atoms with Gasteiger partial charge in [0.2, 0.25) is 0 Å². The molecule has 36 heavy (non-hydrogen) atoms. The van der Waals surface area contributed by atoms with Gasteiger partial charge in [-0.1, -0.05) is 40.9 Å². The number of rotatable bonds is 11. The number of methoxy groups -OCH3 is 1. The first-order valence-corrected chi connectivity index (χ1v) is 12.2. The number of halogens is 3. The Morgan fingerprint density at radius 1 is 0.889 bits per heavy atom. The Morgan fingerprint density at radius 3 is 2.33 bits per heavy atom. The smallest absolute Gasteiger partial charge is 0.271 e. The first-order chi connectivity index (χ1) is 17.4. The van der Waals surface area contributed by atoms with Gasteiger partial charge in [-0.25, -0.2) is 5.43 Å². The van der Waals surface area contributed by atoms with Gasteiger partial charge < -0.3 is 18.9 Å². The number of nitrogens with zero attached hydrogens (tertiary/aromatic N) is 1. The SMILES string of the molecule is CCOc1cc(C(=O)N/N=C/c2cc(Cl)c(OCc3ccc(Cl)cc3Cl)c(OCC)c2)ccc1OC. The summed E-state index contributed by atoms with van der Waals surface area (Å²) in [6.45, 7) is 4.70. The van der Waals surface area contributed by atoms with E-state index in [9.17, 15) is 4.79 Å². The van der Waals surface area contributed by atoms with Crippen molar-refractivity contribution in [2.75, 3.05) is 20.3 Å². The normalized spacial score (nSPS) is 10.8. The highest BCUT2D eigenvalue weighted by Gasteiger charge is 2.14. The molecule has 1 N–H and O–H groups in total. The highest BCUT2D eigenvalue weighted by Crippen LogP contribution is 2.37. The molecule has 0 saturated heterocycles. The number of benzene rings is 3. The quantitative estimate of drug-likeness (QED) is 0.210. The monoisotopic (exact) mass is 550 g/mol. The van der Waals surface area contributed by atoms with Crippen molar-refractivity contribution in [2.24, 2.45) is 5.10 Å². The number of carbonyl (C=O) groups is 1. The van der Waals surface area contributed by atoms with Crippen LogP contribution in [-0.4, -0.2) is 32.4 Å². The van der Waals surface area contributed by atoms with E-state index < -0.39 is 5.91 Å². The van der Waals surface area contributed by atoms with E-state index in [0.29, 0.717) is 62.4 Å². The lowest BCUT2D eigenvalue weighted by molar-refractivity contribution is 0.0954. The Morgan fingerprint density at radius 2 is 1.64 bits per heavy atom. The van der Waals surface area contributed by atoms with E-state index >= 15 is 0 Å². The summed E-state index contributed by atoms with van der Waals surface area (Å²) >= 11 is 18.7. The van der Waals surface area contributed by atoms with Gasteiger partial charge in [0, 0.05) is 21.2 Å². The lowest BCUT2D eigenvalue weighted by atomic mass is 10.2. The second-order valence-electron chi connectivity index (χ2n) is 7.29. The molecule has 1 amide bonds. The van der Waals surface area contributed by atoms with Crippen LogP contribution < -0.4 is 24.4 Å². The van der Waals surface area contributed by atoms with Crippen molar-refractivity contribution in [3.8, 4) is 23.0 Å². The van der Waals surface area contributed by atoms with Gasteiger partial charge >= 0.3 is 0 Å². The molecular formula is C26H25Cl3N2O5. The fraction of sp³-hybridized carbons (Fsp3) is 0.231. The molecule has 3 rings (SSSR count). The van der Waals surface area contributed by atoms with Gasteiger partial charge in [0.1, 0.15) is 6.61 Å². The molecule has 0 bridgehead atoms. The Labute approximate surface area is 224 Å². The average molecular weight is 552 g/mol. The standard InChI is InChI=1S/C26H25Cl3N2O5/c1-4-34-23-12-17(7-9-22(23)33-3)26(32)31-30-14-16-10-21(29)25(24(11-16)35-5-2)36-15-18-6-8-19(27)13-20(18)28/h6-14H,4-5,15H2,1-3H3,(H,31,32)/b30-14+. The maximum absolute atomic E-state index is 12.5. The van der Waals surface area contributed by atoms with Crippen LogP contribution in [-0.2, 0) is 6.61 Å². The Hall–Kier alpha value is -3.13. The summed E-state index contributed by atoms with van der Waals surface area (Å²) in [6.07, 6.45) is 1.46. The topological polar surface area (TPSA) is 78.4 Å². The largest absolute Gasteiger partial charge is 0.493 e. The molecular weight excluding hydrogens is 527 g/mol. The van der Waals surface area contributed by atoms with E-state index in [1.165, 1.54) is 13.3 Å². The number of nitrogens with one attached hydrogen (secondary N) is 1. The molecule has 3 aromatic carbocycles. The summed E-state index contributed by atoms with van der Waals surface area (Å²) in [5.74, 6) is 1.40.